The number of nitriles is 1. The molecule has 3 rings (SSSR count). The van der Waals surface area contributed by atoms with Crippen molar-refractivity contribution < 1.29 is 14.6 Å². The summed E-state index contributed by atoms with van der Waals surface area (Å²) in [7, 11) is 0. The number of aliphatic carboxylic acids is 1. The van der Waals surface area contributed by atoms with Crippen LogP contribution in [0.5, 0.6) is 5.75 Å². The number of rotatable bonds is 6. The van der Waals surface area contributed by atoms with E-state index in [1.807, 2.05) is 37.3 Å². The Bertz CT molecular complexity index is 1150. The Labute approximate surface area is 180 Å². The molecule has 1 N–H and O–H groups in total. The molecule has 0 aliphatic rings. The molecule has 0 aromatic heterocycles. The molecule has 0 amide bonds. The van der Waals surface area contributed by atoms with Crippen molar-refractivity contribution in [1.29, 1.82) is 5.26 Å². The van der Waals surface area contributed by atoms with Gasteiger partial charge in [-0.2, -0.15) is 5.26 Å². The minimum Gasteiger partial charge on any atom is -0.481 e. The third-order valence-electron chi connectivity index (χ3n) is 4.25. The number of carboxylic acid groups (broad SMARTS) is 1. The number of thioether (sulfide) groups is 1. The molecule has 0 bridgehead atoms. The molecule has 3 aromatic rings. The lowest BCUT2D eigenvalue weighted by atomic mass is 10.1. The summed E-state index contributed by atoms with van der Waals surface area (Å²) in [5.74, 6) is 6.33. The molecule has 0 spiro atoms. The first kappa shape index (κ1) is 21.0. The number of carbonyl (C=O) groups is 1. The van der Waals surface area contributed by atoms with E-state index >= 15 is 0 Å². The maximum Gasteiger partial charge on any atom is 0.341 e. The highest BCUT2D eigenvalue weighted by Gasteiger charge is 2.06. The van der Waals surface area contributed by atoms with Crippen LogP contribution in [0, 0.1) is 30.1 Å². The van der Waals surface area contributed by atoms with Gasteiger partial charge in [-0.05, 0) is 48.4 Å². The third kappa shape index (κ3) is 5.91. The van der Waals surface area contributed by atoms with Crippen LogP contribution in [0.15, 0.2) is 71.6 Å². The first-order valence-corrected chi connectivity index (χ1v) is 10.2. The summed E-state index contributed by atoms with van der Waals surface area (Å²) in [6.45, 7) is 1.52. The summed E-state index contributed by atoms with van der Waals surface area (Å²) in [5.41, 5.74) is 4.09. The van der Waals surface area contributed by atoms with Gasteiger partial charge in [0.05, 0.1) is 17.2 Å². The molecule has 30 heavy (non-hydrogen) atoms. The highest BCUT2D eigenvalue weighted by molar-refractivity contribution is 7.98. The summed E-state index contributed by atoms with van der Waals surface area (Å²) in [6.07, 6.45) is 0. The van der Waals surface area contributed by atoms with Crippen LogP contribution in [0.2, 0.25) is 0 Å². The zero-order valence-corrected chi connectivity index (χ0v) is 17.2. The van der Waals surface area contributed by atoms with Gasteiger partial charge < -0.3 is 9.84 Å². The van der Waals surface area contributed by atoms with Crippen LogP contribution in [-0.4, -0.2) is 17.7 Å². The van der Waals surface area contributed by atoms with Crippen LogP contribution in [0.4, 0.5) is 0 Å². The minimum absolute atomic E-state index is 0.344. The van der Waals surface area contributed by atoms with Crippen molar-refractivity contribution in [2.45, 2.75) is 17.6 Å². The second kappa shape index (κ2) is 10.2. The number of benzene rings is 3. The second-order valence-electron chi connectivity index (χ2n) is 6.51. The monoisotopic (exact) mass is 413 g/mol. The molecule has 5 heteroatoms. The summed E-state index contributed by atoms with van der Waals surface area (Å²) in [5, 5.41) is 18.0. The van der Waals surface area contributed by atoms with Gasteiger partial charge >= 0.3 is 5.97 Å². The largest absolute Gasteiger partial charge is 0.481 e. The van der Waals surface area contributed by atoms with E-state index in [9.17, 15) is 4.79 Å². The van der Waals surface area contributed by atoms with Crippen molar-refractivity contribution in [2.24, 2.45) is 0 Å². The molecule has 0 unspecified atom stereocenters. The Hall–Kier alpha value is -3.67. The first-order valence-electron chi connectivity index (χ1n) is 9.23. The third-order valence-corrected chi connectivity index (χ3v) is 5.31. The quantitative estimate of drug-likeness (QED) is 0.454. The zero-order chi connectivity index (χ0) is 21.3. The Morgan fingerprint density at radius 2 is 1.80 bits per heavy atom. The van der Waals surface area contributed by atoms with E-state index in [1.165, 1.54) is 5.56 Å². The van der Waals surface area contributed by atoms with Crippen molar-refractivity contribution in [3.05, 3.63) is 94.5 Å². The van der Waals surface area contributed by atoms with E-state index in [1.54, 1.807) is 30.0 Å². The molecule has 0 fully saturated rings. The lowest BCUT2D eigenvalue weighted by molar-refractivity contribution is -0.139. The van der Waals surface area contributed by atoms with E-state index in [0.29, 0.717) is 16.9 Å². The smallest absolute Gasteiger partial charge is 0.341 e. The maximum atomic E-state index is 10.8. The summed E-state index contributed by atoms with van der Waals surface area (Å²) in [4.78, 5) is 11.9. The van der Waals surface area contributed by atoms with E-state index in [-0.39, 0.29) is 0 Å². The van der Waals surface area contributed by atoms with Gasteiger partial charge in [0, 0.05) is 16.2 Å². The summed E-state index contributed by atoms with van der Waals surface area (Å²) < 4.78 is 5.31. The second-order valence-corrected chi connectivity index (χ2v) is 7.55. The first-order chi connectivity index (χ1) is 14.5. The van der Waals surface area contributed by atoms with Gasteiger partial charge in [0.1, 0.15) is 5.75 Å². The number of hydrogen-bond acceptors (Lipinski definition) is 4. The van der Waals surface area contributed by atoms with Crippen molar-refractivity contribution in [2.75, 3.05) is 6.61 Å². The SMILES string of the molecule is Cc1ccc(SCc2ccccc2)cc1C#Cc1cc(C#N)ccc1OCC(=O)O. The number of nitrogens with zero attached hydrogens (tertiary/aromatic N) is 1. The molecule has 0 saturated heterocycles. The molecule has 3 aromatic carbocycles. The van der Waals surface area contributed by atoms with Crippen LogP contribution in [0.25, 0.3) is 0 Å². The van der Waals surface area contributed by atoms with Crippen molar-refractivity contribution in [1.82, 2.24) is 0 Å². The summed E-state index contributed by atoms with van der Waals surface area (Å²) >= 11 is 1.74. The molecule has 4 nitrogen and oxygen atoms in total. The van der Waals surface area contributed by atoms with Crippen LogP contribution >= 0.6 is 11.8 Å². The van der Waals surface area contributed by atoms with E-state index in [4.69, 9.17) is 15.1 Å². The Morgan fingerprint density at radius 1 is 1.03 bits per heavy atom. The molecule has 0 aliphatic carbocycles. The average Bonchev–Trinajstić information content (AvgIpc) is 2.77. The fraction of sp³-hybridized carbons (Fsp3) is 0.120. The molecule has 0 radical (unpaired) electrons. The highest BCUT2D eigenvalue weighted by atomic mass is 32.2. The van der Waals surface area contributed by atoms with Gasteiger partial charge in [0.25, 0.3) is 0 Å². The molecule has 0 atom stereocenters. The Morgan fingerprint density at radius 3 is 2.53 bits per heavy atom. The average molecular weight is 413 g/mol. The Balaban J connectivity index is 1.84. The Kier molecular flexibility index (Phi) is 7.16. The van der Waals surface area contributed by atoms with Gasteiger partial charge in [-0.1, -0.05) is 48.2 Å². The minimum atomic E-state index is -1.07. The number of ether oxygens (including phenoxy) is 1. The number of hydrogen-bond donors (Lipinski definition) is 1. The van der Waals surface area contributed by atoms with Gasteiger partial charge in [-0.25, -0.2) is 4.79 Å². The molecular weight excluding hydrogens is 394 g/mol. The maximum absolute atomic E-state index is 10.8. The van der Waals surface area contributed by atoms with Crippen LogP contribution in [0.1, 0.15) is 27.8 Å². The van der Waals surface area contributed by atoms with E-state index < -0.39 is 12.6 Å². The van der Waals surface area contributed by atoms with Crippen LogP contribution in [0.3, 0.4) is 0 Å². The topological polar surface area (TPSA) is 70.3 Å². The van der Waals surface area contributed by atoms with Crippen molar-refractivity contribution >= 4 is 17.7 Å². The van der Waals surface area contributed by atoms with Gasteiger partial charge in [-0.3, -0.25) is 0 Å². The molecular formula is C25H19NO3S. The van der Waals surface area contributed by atoms with E-state index in [2.05, 4.69) is 36.1 Å². The standard InChI is InChI=1S/C25H19NO3S/c1-18-7-11-23(30-17-19-5-3-2-4-6-19)14-21(18)9-10-22-13-20(15-26)8-12-24(22)29-16-25(27)28/h2-8,11-14H,16-17H2,1H3,(H,27,28). The number of carboxylic acids is 1. The molecule has 0 heterocycles. The zero-order valence-electron chi connectivity index (χ0n) is 16.4. The molecule has 0 saturated carbocycles. The van der Waals surface area contributed by atoms with E-state index in [0.717, 1.165) is 21.8 Å². The molecule has 0 aliphatic heterocycles. The lowest BCUT2D eigenvalue weighted by Gasteiger charge is -2.07. The van der Waals surface area contributed by atoms with Crippen molar-refractivity contribution in [3.63, 3.8) is 0 Å². The van der Waals surface area contributed by atoms with Gasteiger partial charge in [0.15, 0.2) is 6.61 Å². The normalized spacial score (nSPS) is 9.87. The predicted octanol–water partition coefficient (Wildman–Crippen LogP) is 5.02. The van der Waals surface area contributed by atoms with Crippen LogP contribution in [-0.2, 0) is 10.5 Å². The number of aryl methyl sites for hydroxylation is 1. The lowest BCUT2D eigenvalue weighted by Crippen LogP contribution is -2.10. The predicted molar refractivity (Wildman–Crippen MR) is 117 cm³/mol. The van der Waals surface area contributed by atoms with Crippen molar-refractivity contribution in [3.8, 4) is 23.7 Å². The van der Waals surface area contributed by atoms with Crippen LogP contribution < -0.4 is 4.74 Å². The highest BCUT2D eigenvalue weighted by Crippen LogP contribution is 2.25. The fourth-order valence-electron chi connectivity index (χ4n) is 2.66. The van der Waals surface area contributed by atoms with Gasteiger partial charge in [0.2, 0.25) is 0 Å². The van der Waals surface area contributed by atoms with Gasteiger partial charge in [-0.15, -0.1) is 11.8 Å². The molecule has 148 valence electrons. The fourth-order valence-corrected chi connectivity index (χ4v) is 3.55. The summed E-state index contributed by atoms with van der Waals surface area (Å²) in [6, 6.07) is 23.2.